The predicted molar refractivity (Wildman–Crippen MR) is 72.2 cm³/mol. The summed E-state index contributed by atoms with van der Waals surface area (Å²) in [5, 5.41) is 9.26. The van der Waals surface area contributed by atoms with E-state index in [1.165, 1.54) is 0 Å². The van der Waals surface area contributed by atoms with Gasteiger partial charge in [-0.05, 0) is 6.07 Å². The number of aliphatic hydroxyl groups is 1. The Labute approximate surface area is 116 Å². The summed E-state index contributed by atoms with van der Waals surface area (Å²) in [6.07, 6.45) is -5.03. The van der Waals surface area contributed by atoms with Crippen LogP contribution in [0.15, 0.2) is 29.1 Å². The minimum absolute atomic E-state index is 0.0372. The number of aromatic amines is 2. The van der Waals surface area contributed by atoms with Crippen LogP contribution in [0, 0.1) is 0 Å². The number of aromatic nitrogens is 2. The zero-order valence-electron chi connectivity index (χ0n) is 10.7. The van der Waals surface area contributed by atoms with Crippen LogP contribution in [0.3, 0.4) is 0 Å². The van der Waals surface area contributed by atoms with Crippen molar-refractivity contribution in [3.8, 4) is 0 Å². The molecule has 0 saturated carbocycles. The van der Waals surface area contributed by atoms with Gasteiger partial charge in [-0.2, -0.15) is 13.2 Å². The second-order valence-electron chi connectivity index (χ2n) is 4.70. The molecule has 7 heteroatoms. The zero-order valence-corrected chi connectivity index (χ0v) is 10.7. The molecule has 4 nitrogen and oxygen atoms in total. The second-order valence-corrected chi connectivity index (χ2v) is 4.70. The number of fused-ring (bicyclic) bond motifs is 3. The Kier molecular flexibility index (Phi) is 3.02. The van der Waals surface area contributed by atoms with Gasteiger partial charge in [0.05, 0.1) is 5.56 Å². The number of para-hydroxylation sites is 1. The predicted octanol–water partition coefficient (Wildman–Crippen LogP) is 2.56. The number of pyridine rings is 1. The monoisotopic (exact) mass is 296 g/mol. The summed E-state index contributed by atoms with van der Waals surface area (Å²) in [5.74, 6) is 0. The third-order valence-electron chi connectivity index (χ3n) is 3.42. The number of aliphatic hydroxyl groups excluding tert-OH is 1. The van der Waals surface area contributed by atoms with Crippen LogP contribution in [-0.4, -0.2) is 21.7 Å². The van der Waals surface area contributed by atoms with Crippen molar-refractivity contribution < 1.29 is 18.3 Å². The highest BCUT2D eigenvalue weighted by molar-refractivity contribution is 6.08. The van der Waals surface area contributed by atoms with Gasteiger partial charge in [0.2, 0.25) is 0 Å². The molecule has 0 aliphatic rings. The maximum absolute atomic E-state index is 13.4. The molecule has 0 aliphatic heterocycles. The van der Waals surface area contributed by atoms with Crippen LogP contribution in [0.25, 0.3) is 21.9 Å². The molecule has 0 bridgehead atoms. The van der Waals surface area contributed by atoms with Gasteiger partial charge in [0.1, 0.15) is 5.65 Å². The van der Waals surface area contributed by atoms with E-state index in [0.29, 0.717) is 10.9 Å². The number of halogens is 3. The highest BCUT2D eigenvalue weighted by Crippen LogP contribution is 2.38. The number of rotatable bonds is 2. The molecule has 21 heavy (non-hydrogen) atoms. The first-order valence-electron chi connectivity index (χ1n) is 6.27. The summed E-state index contributed by atoms with van der Waals surface area (Å²) in [7, 11) is 0. The first-order valence-corrected chi connectivity index (χ1v) is 6.27. The summed E-state index contributed by atoms with van der Waals surface area (Å²) >= 11 is 0. The first kappa shape index (κ1) is 13.7. The largest absolute Gasteiger partial charge is 0.417 e. The average molecular weight is 296 g/mol. The van der Waals surface area contributed by atoms with Crippen molar-refractivity contribution in [2.75, 3.05) is 6.61 Å². The van der Waals surface area contributed by atoms with E-state index in [9.17, 15) is 18.0 Å². The van der Waals surface area contributed by atoms with Crippen LogP contribution in [-0.2, 0) is 12.6 Å². The van der Waals surface area contributed by atoms with Gasteiger partial charge < -0.3 is 15.1 Å². The van der Waals surface area contributed by atoms with Crippen LogP contribution in [0.2, 0.25) is 0 Å². The van der Waals surface area contributed by atoms with Crippen molar-refractivity contribution in [3.63, 3.8) is 0 Å². The topological polar surface area (TPSA) is 68.9 Å². The number of hydrogen-bond donors (Lipinski definition) is 3. The van der Waals surface area contributed by atoms with E-state index in [0.717, 1.165) is 0 Å². The Bertz CT molecular complexity index is 877. The molecule has 0 fully saturated rings. The molecule has 1 aromatic carbocycles. The van der Waals surface area contributed by atoms with E-state index in [2.05, 4.69) is 9.97 Å². The Morgan fingerprint density at radius 1 is 1.14 bits per heavy atom. The molecule has 0 radical (unpaired) electrons. The summed E-state index contributed by atoms with van der Waals surface area (Å²) < 4.78 is 40.3. The number of alkyl halides is 3. The lowest BCUT2D eigenvalue weighted by atomic mass is 10.0. The molecule has 0 amide bonds. The fourth-order valence-electron chi connectivity index (χ4n) is 2.61. The molecule has 110 valence electrons. The van der Waals surface area contributed by atoms with Gasteiger partial charge in [-0.3, -0.25) is 4.79 Å². The Hall–Kier alpha value is -2.28. The van der Waals surface area contributed by atoms with Gasteiger partial charge in [0.25, 0.3) is 5.56 Å². The molecule has 3 N–H and O–H groups in total. The highest BCUT2D eigenvalue weighted by Gasteiger charge is 2.37. The normalized spacial score (nSPS) is 12.4. The van der Waals surface area contributed by atoms with E-state index in [4.69, 9.17) is 5.11 Å². The van der Waals surface area contributed by atoms with Crippen LogP contribution in [0.4, 0.5) is 13.2 Å². The van der Waals surface area contributed by atoms with E-state index in [-0.39, 0.29) is 17.5 Å². The van der Waals surface area contributed by atoms with Crippen molar-refractivity contribution in [2.24, 2.45) is 0 Å². The van der Waals surface area contributed by atoms with Gasteiger partial charge in [0, 0.05) is 34.9 Å². The molecule has 0 atom stereocenters. The van der Waals surface area contributed by atoms with Gasteiger partial charge >= 0.3 is 6.18 Å². The molecule has 0 unspecified atom stereocenters. The Morgan fingerprint density at radius 2 is 1.86 bits per heavy atom. The average Bonchev–Trinajstić information content (AvgIpc) is 2.76. The van der Waals surface area contributed by atoms with E-state index < -0.39 is 29.5 Å². The molecule has 2 heterocycles. The van der Waals surface area contributed by atoms with E-state index in [1.54, 1.807) is 24.3 Å². The van der Waals surface area contributed by atoms with Crippen molar-refractivity contribution in [1.82, 2.24) is 9.97 Å². The third kappa shape index (κ3) is 2.09. The zero-order chi connectivity index (χ0) is 15.2. The number of benzene rings is 1. The van der Waals surface area contributed by atoms with Crippen LogP contribution < -0.4 is 5.56 Å². The minimum Gasteiger partial charge on any atom is -0.396 e. The quantitative estimate of drug-likeness (QED) is 0.680. The summed E-state index contributed by atoms with van der Waals surface area (Å²) in [6, 6.07) is 6.52. The lowest BCUT2D eigenvalue weighted by Crippen LogP contribution is -2.22. The molecular formula is C14H11F3N2O2. The van der Waals surface area contributed by atoms with Gasteiger partial charge in [-0.1, -0.05) is 18.2 Å². The SMILES string of the molecule is O=c1[nH]c2[nH]c3ccccc3c2c(C(F)(F)F)c1CCO. The van der Waals surface area contributed by atoms with Crippen molar-refractivity contribution >= 4 is 21.9 Å². The molecule has 0 spiro atoms. The van der Waals surface area contributed by atoms with Gasteiger partial charge in [-0.15, -0.1) is 0 Å². The maximum atomic E-state index is 13.4. The van der Waals surface area contributed by atoms with Crippen molar-refractivity contribution in [3.05, 3.63) is 45.7 Å². The summed E-state index contributed by atoms with van der Waals surface area (Å²) in [5.41, 5.74) is -1.71. The van der Waals surface area contributed by atoms with Crippen molar-refractivity contribution in [2.45, 2.75) is 12.6 Å². The number of H-pyrrole nitrogens is 2. The molecule has 0 saturated heterocycles. The number of hydrogen-bond acceptors (Lipinski definition) is 2. The molecular weight excluding hydrogens is 285 g/mol. The Morgan fingerprint density at radius 3 is 2.52 bits per heavy atom. The maximum Gasteiger partial charge on any atom is 0.417 e. The van der Waals surface area contributed by atoms with Crippen LogP contribution >= 0.6 is 0 Å². The number of nitrogens with one attached hydrogen (secondary N) is 2. The fourth-order valence-corrected chi connectivity index (χ4v) is 2.61. The minimum atomic E-state index is -4.68. The van der Waals surface area contributed by atoms with Crippen molar-refractivity contribution in [1.29, 1.82) is 0 Å². The van der Waals surface area contributed by atoms with Crippen LogP contribution in [0.1, 0.15) is 11.1 Å². The van der Waals surface area contributed by atoms with E-state index >= 15 is 0 Å². The molecule has 3 aromatic rings. The lowest BCUT2D eigenvalue weighted by Gasteiger charge is -2.13. The fraction of sp³-hybridized carbons (Fsp3) is 0.214. The lowest BCUT2D eigenvalue weighted by molar-refractivity contribution is -0.137. The third-order valence-corrected chi connectivity index (χ3v) is 3.42. The molecule has 0 aliphatic carbocycles. The standard InChI is InChI=1S/C14H11F3N2O2/c15-14(16,17)11-8(5-6-20)13(21)19-12-10(11)7-3-1-2-4-9(7)18-12/h1-4,20H,5-6H2,(H2,18,19,21). The van der Waals surface area contributed by atoms with Crippen LogP contribution in [0.5, 0.6) is 0 Å². The molecule has 3 rings (SSSR count). The van der Waals surface area contributed by atoms with E-state index in [1.807, 2.05) is 0 Å². The molecule has 2 aromatic heterocycles. The summed E-state index contributed by atoms with van der Waals surface area (Å²) in [6.45, 7) is -0.528. The van der Waals surface area contributed by atoms with Gasteiger partial charge in [-0.25, -0.2) is 0 Å². The van der Waals surface area contributed by atoms with Gasteiger partial charge in [0.15, 0.2) is 0 Å². The Balaban J connectivity index is 2.55. The smallest absolute Gasteiger partial charge is 0.396 e. The summed E-state index contributed by atoms with van der Waals surface area (Å²) in [4.78, 5) is 17.1. The second kappa shape index (κ2) is 4.63. The first-order chi connectivity index (χ1) is 9.93. The highest BCUT2D eigenvalue weighted by atomic mass is 19.4.